The second-order valence-corrected chi connectivity index (χ2v) is 6.86. The highest BCUT2D eigenvalue weighted by Gasteiger charge is 2.12. The van der Waals surface area contributed by atoms with E-state index in [0.717, 1.165) is 33.9 Å². The van der Waals surface area contributed by atoms with Gasteiger partial charge in [-0.1, -0.05) is 23.7 Å². The number of fused-ring (bicyclic) bond motifs is 1. The van der Waals surface area contributed by atoms with Crippen molar-refractivity contribution in [1.29, 1.82) is 0 Å². The first-order chi connectivity index (χ1) is 11.7. The molecular formula is C18H14ClN3OS. The van der Waals surface area contributed by atoms with Crippen LogP contribution in [0, 0.1) is 6.92 Å². The summed E-state index contributed by atoms with van der Waals surface area (Å²) >= 11 is 7.43. The van der Waals surface area contributed by atoms with Gasteiger partial charge in [0, 0.05) is 33.4 Å². The van der Waals surface area contributed by atoms with Gasteiger partial charge >= 0.3 is 0 Å². The Bertz CT molecular complexity index is 1020. The maximum atomic E-state index is 9.19. The molecule has 4 rings (SSSR count). The maximum Gasteiger partial charge on any atom is 0.137 e. The van der Waals surface area contributed by atoms with E-state index in [-0.39, 0.29) is 6.61 Å². The van der Waals surface area contributed by atoms with Crippen molar-refractivity contribution in [3.63, 3.8) is 0 Å². The van der Waals surface area contributed by atoms with Gasteiger partial charge in [0.15, 0.2) is 0 Å². The number of hydrogen-bond donors (Lipinski definition) is 1. The van der Waals surface area contributed by atoms with E-state index in [2.05, 4.69) is 9.38 Å². The normalized spacial score (nSPS) is 11.3. The highest BCUT2D eigenvalue weighted by molar-refractivity contribution is 7.09. The number of aliphatic hydroxyl groups is 1. The lowest BCUT2D eigenvalue weighted by Gasteiger charge is -2.02. The number of hydrogen-bond acceptors (Lipinski definition) is 4. The van der Waals surface area contributed by atoms with Gasteiger partial charge in [-0.05, 0) is 31.2 Å². The van der Waals surface area contributed by atoms with Gasteiger partial charge in [0.2, 0.25) is 0 Å². The minimum Gasteiger partial charge on any atom is -0.389 e. The zero-order valence-electron chi connectivity index (χ0n) is 12.9. The van der Waals surface area contributed by atoms with E-state index in [1.807, 2.05) is 54.9 Å². The fraction of sp³-hybridized carbons (Fsp3) is 0.111. The topological polar surface area (TPSA) is 50.4 Å². The first-order valence-electron chi connectivity index (χ1n) is 7.46. The fourth-order valence-corrected chi connectivity index (χ4v) is 3.50. The van der Waals surface area contributed by atoms with Crippen LogP contribution in [0.15, 0.2) is 48.0 Å². The number of aryl methyl sites for hydroxylation is 1. The molecule has 0 saturated heterocycles. The minimum atomic E-state index is -0.0300. The molecule has 1 aromatic carbocycles. The highest BCUT2D eigenvalue weighted by Crippen LogP contribution is 2.28. The molecule has 0 saturated carbocycles. The summed E-state index contributed by atoms with van der Waals surface area (Å²) in [6.45, 7) is 2.02. The Balaban J connectivity index is 1.82. The Labute approximate surface area is 148 Å². The van der Waals surface area contributed by atoms with Crippen molar-refractivity contribution in [2.45, 2.75) is 13.5 Å². The molecule has 0 aliphatic carbocycles. The van der Waals surface area contributed by atoms with Crippen molar-refractivity contribution in [2.24, 2.45) is 0 Å². The zero-order chi connectivity index (χ0) is 16.7. The van der Waals surface area contributed by atoms with Gasteiger partial charge in [-0.15, -0.1) is 11.3 Å². The number of benzene rings is 1. The number of halogens is 1. The summed E-state index contributed by atoms with van der Waals surface area (Å²) < 4.78 is 2.07. The first-order valence-corrected chi connectivity index (χ1v) is 8.72. The molecule has 6 heteroatoms. The zero-order valence-corrected chi connectivity index (χ0v) is 14.5. The van der Waals surface area contributed by atoms with Crippen LogP contribution in [-0.2, 0) is 6.61 Å². The van der Waals surface area contributed by atoms with E-state index < -0.39 is 0 Å². The monoisotopic (exact) mass is 355 g/mol. The van der Waals surface area contributed by atoms with Crippen LogP contribution in [0.3, 0.4) is 0 Å². The predicted octanol–water partition coefficient (Wildman–Crippen LogP) is 4.58. The average Bonchev–Trinajstić information content (AvgIpc) is 3.20. The van der Waals surface area contributed by atoms with E-state index >= 15 is 0 Å². The van der Waals surface area contributed by atoms with Gasteiger partial charge in [0.05, 0.1) is 18.0 Å². The number of aromatic nitrogens is 3. The van der Waals surface area contributed by atoms with Gasteiger partial charge in [-0.3, -0.25) is 0 Å². The van der Waals surface area contributed by atoms with Gasteiger partial charge in [-0.2, -0.15) is 0 Å². The quantitative estimate of drug-likeness (QED) is 0.585. The van der Waals surface area contributed by atoms with Crippen LogP contribution in [0.1, 0.15) is 10.7 Å². The molecule has 1 N–H and O–H groups in total. The summed E-state index contributed by atoms with van der Waals surface area (Å²) in [4.78, 5) is 9.16. The molecule has 0 aliphatic heterocycles. The number of thiazole rings is 1. The van der Waals surface area contributed by atoms with Crippen LogP contribution in [0.4, 0.5) is 0 Å². The number of nitrogens with zero attached hydrogens (tertiary/aromatic N) is 3. The molecular weight excluding hydrogens is 342 g/mol. The second-order valence-electron chi connectivity index (χ2n) is 5.48. The lowest BCUT2D eigenvalue weighted by molar-refractivity contribution is 0.281. The van der Waals surface area contributed by atoms with Crippen LogP contribution in [-0.4, -0.2) is 19.5 Å². The van der Waals surface area contributed by atoms with E-state index in [0.29, 0.717) is 10.0 Å². The molecule has 0 spiro atoms. The van der Waals surface area contributed by atoms with Crippen molar-refractivity contribution in [3.8, 4) is 22.5 Å². The lowest BCUT2D eigenvalue weighted by Crippen LogP contribution is -1.90. The third kappa shape index (κ3) is 2.60. The van der Waals surface area contributed by atoms with Crippen molar-refractivity contribution in [2.75, 3.05) is 0 Å². The molecule has 0 radical (unpaired) electrons. The molecule has 0 atom stereocenters. The Morgan fingerprint density at radius 2 is 1.83 bits per heavy atom. The van der Waals surface area contributed by atoms with E-state index in [4.69, 9.17) is 16.6 Å². The Hall–Kier alpha value is -2.21. The van der Waals surface area contributed by atoms with E-state index in [9.17, 15) is 5.11 Å². The standard InChI is InChI=1S/C18H14ClN3OS/c1-11-18(12-2-5-14(19)6-3-12)21-16-7-4-13(8-22(11)16)15-10-24-17(9-23)20-15/h2-8,10,23H,9H2,1H3. The summed E-state index contributed by atoms with van der Waals surface area (Å²) in [5.41, 5.74) is 5.80. The van der Waals surface area contributed by atoms with Crippen LogP contribution in [0.2, 0.25) is 5.02 Å². The van der Waals surface area contributed by atoms with Crippen LogP contribution < -0.4 is 0 Å². The van der Waals surface area contributed by atoms with Gasteiger partial charge < -0.3 is 9.51 Å². The molecule has 24 heavy (non-hydrogen) atoms. The van der Waals surface area contributed by atoms with Crippen LogP contribution in [0.25, 0.3) is 28.2 Å². The Morgan fingerprint density at radius 3 is 2.54 bits per heavy atom. The molecule has 4 aromatic rings. The summed E-state index contributed by atoms with van der Waals surface area (Å²) in [5.74, 6) is 0. The third-order valence-corrected chi connectivity index (χ3v) is 5.04. The third-order valence-electron chi connectivity index (χ3n) is 3.96. The molecule has 4 nitrogen and oxygen atoms in total. The number of rotatable bonds is 3. The van der Waals surface area contributed by atoms with Gasteiger partial charge in [-0.25, -0.2) is 9.97 Å². The van der Waals surface area contributed by atoms with Crippen molar-refractivity contribution < 1.29 is 5.11 Å². The summed E-state index contributed by atoms with van der Waals surface area (Å²) in [6, 6.07) is 11.7. The maximum absolute atomic E-state index is 9.19. The molecule has 0 unspecified atom stereocenters. The minimum absolute atomic E-state index is 0.0300. The molecule has 0 fully saturated rings. The molecule has 3 aromatic heterocycles. The summed E-state index contributed by atoms with van der Waals surface area (Å²) in [5, 5.41) is 12.6. The smallest absolute Gasteiger partial charge is 0.137 e. The summed E-state index contributed by atoms with van der Waals surface area (Å²) in [7, 11) is 0. The molecule has 0 amide bonds. The number of pyridine rings is 1. The SMILES string of the molecule is Cc1c(-c2ccc(Cl)cc2)nc2ccc(-c3csc(CO)n3)cn12. The molecule has 0 bridgehead atoms. The number of imidazole rings is 1. The summed E-state index contributed by atoms with van der Waals surface area (Å²) in [6.07, 6.45) is 2.04. The van der Waals surface area contributed by atoms with Crippen LogP contribution >= 0.6 is 22.9 Å². The van der Waals surface area contributed by atoms with Crippen molar-refractivity contribution in [3.05, 3.63) is 63.7 Å². The predicted molar refractivity (Wildman–Crippen MR) is 97.4 cm³/mol. The van der Waals surface area contributed by atoms with Gasteiger partial charge in [0.25, 0.3) is 0 Å². The van der Waals surface area contributed by atoms with E-state index in [1.165, 1.54) is 11.3 Å². The Kier molecular flexibility index (Phi) is 3.84. The average molecular weight is 356 g/mol. The lowest BCUT2D eigenvalue weighted by atomic mass is 10.1. The second kappa shape index (κ2) is 6.02. The fourth-order valence-electron chi connectivity index (χ4n) is 2.71. The van der Waals surface area contributed by atoms with Gasteiger partial charge in [0.1, 0.15) is 10.7 Å². The molecule has 120 valence electrons. The molecule has 3 heterocycles. The first kappa shape index (κ1) is 15.3. The van der Waals surface area contributed by atoms with Crippen LogP contribution in [0.5, 0.6) is 0 Å². The highest BCUT2D eigenvalue weighted by atomic mass is 35.5. The van der Waals surface area contributed by atoms with Crippen molar-refractivity contribution in [1.82, 2.24) is 14.4 Å². The molecule has 0 aliphatic rings. The largest absolute Gasteiger partial charge is 0.389 e. The van der Waals surface area contributed by atoms with E-state index in [1.54, 1.807) is 0 Å². The van der Waals surface area contributed by atoms with Crippen molar-refractivity contribution >= 4 is 28.6 Å². The Morgan fingerprint density at radius 1 is 1.08 bits per heavy atom. The number of aliphatic hydroxyl groups excluding tert-OH is 1.